The number of halogens is 3. The van der Waals surface area contributed by atoms with E-state index in [1.165, 1.54) is 0 Å². The predicted octanol–water partition coefficient (Wildman–Crippen LogP) is 6.50. The zero-order chi connectivity index (χ0) is 48.0. The van der Waals surface area contributed by atoms with Gasteiger partial charge in [0.1, 0.15) is 52.3 Å². The molecule has 0 spiro atoms. The number of aromatic amines is 1. The Morgan fingerprint density at radius 2 is 1.44 bits per heavy atom. The van der Waals surface area contributed by atoms with Crippen LogP contribution in [0.2, 0.25) is 0 Å². The zero-order valence-corrected chi connectivity index (χ0v) is 38.8. The fourth-order valence-electron chi connectivity index (χ4n) is 9.57. The van der Waals surface area contributed by atoms with E-state index in [9.17, 15) is 18.0 Å². The molecule has 0 radical (unpaired) electrons. The molecule has 2 saturated heterocycles. The minimum absolute atomic E-state index is 0.0149. The number of carbonyl (C=O) groups excluding carboxylic acids is 1. The molecule has 22 heteroatoms. The number of fused-ring (bicyclic) bond motifs is 2. The highest BCUT2D eigenvalue weighted by Crippen LogP contribution is 2.38. The molecule has 4 fully saturated rings. The van der Waals surface area contributed by atoms with Crippen molar-refractivity contribution >= 4 is 51.0 Å². The van der Waals surface area contributed by atoms with Gasteiger partial charge < -0.3 is 49.4 Å². The third-order valence-corrected chi connectivity index (χ3v) is 13.3. The number of rotatable bonds is 15. The summed E-state index contributed by atoms with van der Waals surface area (Å²) in [4.78, 5) is 45.5. The second kappa shape index (κ2) is 21.1. The SMILES string of the molecule is COCCNc1cc(NC2CCC(Oc3cc(N4CCOCC4)cc4ncc(C5CN(c6cc(OC7CCC(NC(=O)c8cc(C(F)(F)F)[nH]n8)CC7)c7nccnc7c6)CCO5)nc34)CC2)ncn1. The van der Waals surface area contributed by atoms with E-state index in [-0.39, 0.29) is 30.0 Å². The molecule has 4 aromatic heterocycles. The van der Waals surface area contributed by atoms with Gasteiger partial charge in [-0.2, -0.15) is 18.3 Å². The van der Waals surface area contributed by atoms with Crippen LogP contribution in [0, 0.1) is 0 Å². The highest BCUT2D eigenvalue weighted by atomic mass is 19.4. The lowest BCUT2D eigenvalue weighted by atomic mass is 9.92. The summed E-state index contributed by atoms with van der Waals surface area (Å²) >= 11 is 0. The van der Waals surface area contributed by atoms with Crippen LogP contribution in [-0.4, -0.2) is 137 Å². The number of ether oxygens (including phenoxy) is 5. The minimum Gasteiger partial charge on any atom is -0.488 e. The predicted molar refractivity (Wildman–Crippen MR) is 253 cm³/mol. The van der Waals surface area contributed by atoms with Crippen LogP contribution in [0.15, 0.2) is 61.3 Å². The Morgan fingerprint density at radius 1 is 0.771 bits per heavy atom. The van der Waals surface area contributed by atoms with Crippen molar-refractivity contribution in [3.63, 3.8) is 0 Å². The number of morpholine rings is 2. The van der Waals surface area contributed by atoms with Gasteiger partial charge in [0, 0.05) is 93.4 Å². The number of H-pyrrole nitrogens is 1. The van der Waals surface area contributed by atoms with E-state index in [2.05, 4.69) is 62.9 Å². The number of anilines is 4. The number of carbonyl (C=O) groups is 1. The van der Waals surface area contributed by atoms with Gasteiger partial charge >= 0.3 is 6.18 Å². The van der Waals surface area contributed by atoms with Gasteiger partial charge in [0.2, 0.25) is 0 Å². The van der Waals surface area contributed by atoms with E-state index in [1.54, 1.807) is 32.0 Å². The fraction of sp³-hybridized carbons (Fsp3) is 0.500. The summed E-state index contributed by atoms with van der Waals surface area (Å²) in [6.45, 7) is 5.64. The van der Waals surface area contributed by atoms with Gasteiger partial charge in [0.15, 0.2) is 5.69 Å². The topological polar surface area (TPSA) is 212 Å². The van der Waals surface area contributed by atoms with Crippen LogP contribution in [0.25, 0.3) is 22.1 Å². The lowest BCUT2D eigenvalue weighted by Gasteiger charge is -2.35. The van der Waals surface area contributed by atoms with Crippen molar-refractivity contribution in [3.05, 3.63) is 78.4 Å². The van der Waals surface area contributed by atoms with Crippen molar-refractivity contribution < 1.29 is 41.7 Å². The summed E-state index contributed by atoms with van der Waals surface area (Å²) in [7, 11) is 1.67. The minimum atomic E-state index is -4.62. The van der Waals surface area contributed by atoms with Gasteiger partial charge in [0.05, 0.1) is 68.1 Å². The van der Waals surface area contributed by atoms with E-state index < -0.39 is 23.9 Å². The molecule has 2 aliphatic heterocycles. The van der Waals surface area contributed by atoms with Crippen molar-refractivity contribution in [2.75, 3.05) is 86.7 Å². The van der Waals surface area contributed by atoms with Crippen LogP contribution in [0.5, 0.6) is 11.5 Å². The highest BCUT2D eigenvalue weighted by Gasteiger charge is 2.35. The monoisotopic (exact) mass is 967 g/mol. The molecule has 2 aromatic carbocycles. The van der Waals surface area contributed by atoms with Crippen LogP contribution < -0.4 is 35.2 Å². The summed E-state index contributed by atoms with van der Waals surface area (Å²) < 4.78 is 70.0. The van der Waals surface area contributed by atoms with Crippen molar-refractivity contribution in [2.45, 2.75) is 87.9 Å². The van der Waals surface area contributed by atoms with E-state index in [0.29, 0.717) is 105 Å². The van der Waals surface area contributed by atoms with Crippen molar-refractivity contribution in [2.24, 2.45) is 0 Å². The number of aromatic nitrogens is 8. The molecule has 19 nitrogen and oxygen atoms in total. The van der Waals surface area contributed by atoms with Crippen LogP contribution in [0.4, 0.5) is 36.2 Å². The summed E-state index contributed by atoms with van der Waals surface area (Å²) in [5.41, 5.74) is 3.99. The molecule has 4 N–H and O–H groups in total. The first-order valence-corrected chi connectivity index (χ1v) is 23.9. The van der Waals surface area contributed by atoms with Crippen LogP contribution >= 0.6 is 0 Å². The Labute approximate surface area is 401 Å². The lowest BCUT2D eigenvalue weighted by Crippen LogP contribution is -2.40. The standard InChI is InChI=1S/C48H56F3N13O6/c1-66-16-12-53-43-25-44(57-28-56-43)58-29-2-6-34(7-3-29)70-40-22-31(63-13-17-67-18-14-63)20-36-46(40)60-38(26-55-36)41-27-64(15-19-68-41)32-21-35-45(54-11-10-52-35)39(23-32)69-33-8-4-30(5-9-33)59-47(65)37-24-42(62-61-37)48(49,50)51/h10-11,20-26,28-30,33-34,41H,2-9,12-19,27H2,1H3,(H,59,65)(H,61,62)(H2,53,56,57,58). The Bertz CT molecular complexity index is 2750. The number of hydrogen-bond donors (Lipinski definition) is 4. The second-order valence-electron chi connectivity index (χ2n) is 18.1. The molecular formula is C48H56F3N13O6. The molecule has 6 heterocycles. The van der Waals surface area contributed by atoms with Crippen LogP contribution in [-0.2, 0) is 20.4 Å². The summed E-state index contributed by atoms with van der Waals surface area (Å²) in [6, 6.07) is 10.8. The van der Waals surface area contributed by atoms with Gasteiger partial charge in [-0.15, -0.1) is 0 Å². The first kappa shape index (κ1) is 47.0. The zero-order valence-electron chi connectivity index (χ0n) is 38.8. The number of hydrogen-bond acceptors (Lipinski definition) is 17. The maximum atomic E-state index is 13.1. The van der Waals surface area contributed by atoms with Crippen molar-refractivity contribution in [3.8, 4) is 11.5 Å². The quantitative estimate of drug-likeness (QED) is 0.0809. The van der Waals surface area contributed by atoms with E-state index in [1.807, 2.05) is 23.3 Å². The van der Waals surface area contributed by atoms with Gasteiger partial charge in [-0.1, -0.05) is 0 Å². The summed E-state index contributed by atoms with van der Waals surface area (Å²) in [5.74, 6) is 2.17. The molecule has 70 heavy (non-hydrogen) atoms. The number of benzene rings is 2. The Kier molecular flexibility index (Phi) is 14.2. The molecule has 370 valence electrons. The first-order chi connectivity index (χ1) is 34.1. The molecule has 4 aliphatic rings. The highest BCUT2D eigenvalue weighted by molar-refractivity contribution is 5.92. The molecule has 2 saturated carbocycles. The van der Waals surface area contributed by atoms with E-state index in [0.717, 1.165) is 73.4 Å². The molecule has 1 unspecified atom stereocenters. The summed E-state index contributed by atoms with van der Waals surface area (Å²) in [6.07, 6.45) is 7.35. The van der Waals surface area contributed by atoms with Gasteiger partial charge in [-0.3, -0.25) is 19.9 Å². The maximum Gasteiger partial charge on any atom is 0.432 e. The molecule has 1 amide bonds. The number of nitrogens with one attached hydrogen (secondary N) is 4. The van der Waals surface area contributed by atoms with E-state index >= 15 is 0 Å². The van der Waals surface area contributed by atoms with Crippen molar-refractivity contribution in [1.82, 2.24) is 45.4 Å². The largest absolute Gasteiger partial charge is 0.488 e. The molecule has 6 aromatic rings. The number of nitrogens with zero attached hydrogens (tertiary/aromatic N) is 9. The Morgan fingerprint density at radius 3 is 2.17 bits per heavy atom. The van der Waals surface area contributed by atoms with Gasteiger partial charge in [-0.25, -0.2) is 19.9 Å². The van der Waals surface area contributed by atoms with E-state index in [4.69, 9.17) is 33.7 Å². The third-order valence-electron chi connectivity index (χ3n) is 13.3. The Balaban J connectivity index is 0.817. The number of alkyl halides is 3. The van der Waals surface area contributed by atoms with Gasteiger partial charge in [-0.05, 0) is 63.5 Å². The molecule has 2 aliphatic carbocycles. The van der Waals surface area contributed by atoms with Gasteiger partial charge in [0.25, 0.3) is 5.91 Å². The van der Waals surface area contributed by atoms with Crippen LogP contribution in [0.1, 0.15) is 79.3 Å². The average Bonchev–Trinajstić information content (AvgIpc) is 3.90. The first-order valence-electron chi connectivity index (χ1n) is 23.9. The fourth-order valence-corrected chi connectivity index (χ4v) is 9.57. The average molecular weight is 968 g/mol. The number of amides is 1. The Hall–Kier alpha value is -6.65. The number of methoxy groups -OCH3 is 1. The maximum absolute atomic E-state index is 13.1. The van der Waals surface area contributed by atoms with Crippen LogP contribution in [0.3, 0.4) is 0 Å². The molecule has 10 rings (SSSR count). The lowest BCUT2D eigenvalue weighted by molar-refractivity contribution is -0.141. The third kappa shape index (κ3) is 11.2. The summed E-state index contributed by atoms with van der Waals surface area (Å²) in [5, 5.41) is 15.1. The molecular weight excluding hydrogens is 912 g/mol. The molecule has 0 bridgehead atoms. The normalized spacial score (nSPS) is 22.2. The second-order valence-corrected chi connectivity index (χ2v) is 18.1. The molecule has 1 atom stereocenters. The smallest absolute Gasteiger partial charge is 0.432 e. The van der Waals surface area contributed by atoms with Crippen molar-refractivity contribution in [1.29, 1.82) is 0 Å².